The molecule has 0 aromatic carbocycles. The maximum Gasteiger partial charge on any atom is 0.0704 e. The molecule has 1 nitrogen and oxygen atoms in total. The Labute approximate surface area is 124 Å². The van der Waals surface area contributed by atoms with Crippen molar-refractivity contribution in [3.8, 4) is 0 Å². The van der Waals surface area contributed by atoms with Gasteiger partial charge in [0.05, 0.1) is 5.60 Å². The van der Waals surface area contributed by atoms with Crippen molar-refractivity contribution in [2.75, 3.05) is 0 Å². The fraction of sp³-hybridized carbons (Fsp3) is 0.895. The molecule has 1 N–H and O–H groups in total. The van der Waals surface area contributed by atoms with Crippen LogP contribution >= 0.6 is 0 Å². The van der Waals surface area contributed by atoms with Gasteiger partial charge in [-0.25, -0.2) is 0 Å². The van der Waals surface area contributed by atoms with Gasteiger partial charge in [-0.05, 0) is 81.0 Å². The van der Waals surface area contributed by atoms with E-state index in [0.29, 0.717) is 5.41 Å². The van der Waals surface area contributed by atoms with Gasteiger partial charge in [0.2, 0.25) is 0 Å². The summed E-state index contributed by atoms with van der Waals surface area (Å²) < 4.78 is 0. The second-order valence-corrected chi connectivity index (χ2v) is 8.27. The summed E-state index contributed by atoms with van der Waals surface area (Å²) in [6.45, 7) is 8.31. The fourth-order valence-corrected chi connectivity index (χ4v) is 6.27. The minimum absolute atomic E-state index is 0.286. The van der Waals surface area contributed by atoms with Gasteiger partial charge in [0, 0.05) is 5.92 Å². The van der Waals surface area contributed by atoms with Gasteiger partial charge in [0.15, 0.2) is 0 Å². The van der Waals surface area contributed by atoms with Crippen molar-refractivity contribution in [2.24, 2.45) is 29.1 Å². The summed E-state index contributed by atoms with van der Waals surface area (Å²) in [5.74, 6) is 3.29. The van der Waals surface area contributed by atoms with Gasteiger partial charge in [-0.1, -0.05) is 19.9 Å². The van der Waals surface area contributed by atoms with Crippen molar-refractivity contribution >= 4 is 0 Å². The van der Waals surface area contributed by atoms with Gasteiger partial charge in [0.25, 0.3) is 0 Å². The molecule has 1 heteroatoms. The Bertz CT molecular complexity index is 331. The smallest absolute Gasteiger partial charge is 0.0704 e. The lowest BCUT2D eigenvalue weighted by Crippen LogP contribution is -2.49. The highest BCUT2D eigenvalue weighted by Crippen LogP contribution is 2.62. The zero-order valence-electron chi connectivity index (χ0n) is 13.4. The standard InChI is InChI=1S/C19H32O/c1-4-17(19(20,5-2)6-3)13-18-10-14-7-15(11-18)9-16(8-14)12-18/h4,14-17,20H,1,5-13H2,2-3H3. The Balaban J connectivity index is 1.77. The molecule has 0 aliphatic heterocycles. The lowest BCUT2D eigenvalue weighted by molar-refractivity contribution is -0.0895. The minimum atomic E-state index is -0.523. The quantitative estimate of drug-likeness (QED) is 0.681. The molecule has 4 saturated carbocycles. The highest BCUT2D eigenvalue weighted by Gasteiger charge is 2.52. The zero-order valence-corrected chi connectivity index (χ0v) is 13.4. The van der Waals surface area contributed by atoms with Crippen molar-refractivity contribution in [3.63, 3.8) is 0 Å². The van der Waals surface area contributed by atoms with Crippen molar-refractivity contribution in [1.29, 1.82) is 0 Å². The summed E-state index contributed by atoms with van der Waals surface area (Å²) in [7, 11) is 0. The summed E-state index contributed by atoms with van der Waals surface area (Å²) in [5.41, 5.74) is 0.0248. The molecule has 4 aliphatic rings. The van der Waals surface area contributed by atoms with E-state index in [-0.39, 0.29) is 5.92 Å². The maximum atomic E-state index is 10.9. The van der Waals surface area contributed by atoms with Crippen LogP contribution in [0.25, 0.3) is 0 Å². The Morgan fingerprint density at radius 3 is 1.90 bits per heavy atom. The second kappa shape index (κ2) is 5.16. The fourth-order valence-electron chi connectivity index (χ4n) is 6.27. The van der Waals surface area contributed by atoms with Crippen molar-refractivity contribution < 1.29 is 5.11 Å². The minimum Gasteiger partial charge on any atom is -0.389 e. The van der Waals surface area contributed by atoms with Crippen LogP contribution in [-0.4, -0.2) is 10.7 Å². The van der Waals surface area contributed by atoms with E-state index in [2.05, 4.69) is 26.5 Å². The first-order chi connectivity index (χ1) is 9.52. The van der Waals surface area contributed by atoms with Crippen molar-refractivity contribution in [1.82, 2.24) is 0 Å². The largest absolute Gasteiger partial charge is 0.389 e. The first-order valence-electron chi connectivity index (χ1n) is 8.87. The summed E-state index contributed by atoms with van der Waals surface area (Å²) in [4.78, 5) is 0. The summed E-state index contributed by atoms with van der Waals surface area (Å²) in [5, 5.41) is 10.9. The average molecular weight is 276 g/mol. The predicted octanol–water partition coefficient (Wildman–Crippen LogP) is 4.95. The molecule has 0 saturated heterocycles. The van der Waals surface area contributed by atoms with Crippen molar-refractivity contribution in [3.05, 3.63) is 12.7 Å². The first-order valence-corrected chi connectivity index (χ1v) is 8.87. The molecule has 0 aromatic rings. The highest BCUT2D eigenvalue weighted by atomic mass is 16.3. The third-order valence-electron chi connectivity index (χ3n) is 7.02. The SMILES string of the molecule is C=CC(CC12CC3CC(CC(C3)C1)C2)C(O)(CC)CC. The third kappa shape index (κ3) is 2.36. The van der Waals surface area contributed by atoms with E-state index in [1.54, 1.807) is 0 Å². The number of hydrogen-bond acceptors (Lipinski definition) is 1. The molecule has 1 atom stereocenters. The molecule has 1 unspecified atom stereocenters. The zero-order chi connectivity index (χ0) is 14.4. The highest BCUT2D eigenvalue weighted by molar-refractivity contribution is 5.06. The predicted molar refractivity (Wildman–Crippen MR) is 84.4 cm³/mol. The van der Waals surface area contributed by atoms with E-state index in [1.165, 1.54) is 44.9 Å². The molecule has 4 bridgehead atoms. The van der Waals surface area contributed by atoms with Crippen LogP contribution in [0.2, 0.25) is 0 Å². The van der Waals surface area contributed by atoms with E-state index >= 15 is 0 Å². The van der Waals surface area contributed by atoms with Gasteiger partial charge < -0.3 is 5.11 Å². The lowest BCUT2D eigenvalue weighted by Gasteiger charge is -2.58. The molecule has 4 fully saturated rings. The lowest BCUT2D eigenvalue weighted by atomic mass is 9.47. The molecule has 0 spiro atoms. The summed E-state index contributed by atoms with van der Waals surface area (Å²) >= 11 is 0. The second-order valence-electron chi connectivity index (χ2n) is 8.27. The van der Waals surface area contributed by atoms with Crippen molar-refractivity contribution in [2.45, 2.75) is 77.2 Å². The summed E-state index contributed by atoms with van der Waals surface area (Å²) in [6.07, 6.45) is 13.8. The van der Waals surface area contributed by atoms with Crippen LogP contribution in [0.3, 0.4) is 0 Å². The Morgan fingerprint density at radius 1 is 1.10 bits per heavy atom. The monoisotopic (exact) mass is 276 g/mol. The Kier molecular flexibility index (Phi) is 3.77. The van der Waals surface area contributed by atoms with E-state index in [0.717, 1.165) is 30.6 Å². The van der Waals surface area contributed by atoms with Crippen LogP contribution in [0.5, 0.6) is 0 Å². The van der Waals surface area contributed by atoms with E-state index < -0.39 is 5.60 Å². The molecular formula is C19H32O. The Hall–Kier alpha value is -0.300. The number of aliphatic hydroxyl groups is 1. The van der Waals surface area contributed by atoms with E-state index in [9.17, 15) is 5.11 Å². The van der Waals surface area contributed by atoms with Crippen LogP contribution in [0, 0.1) is 29.1 Å². The molecule has 0 heterocycles. The normalized spacial score (nSPS) is 40.9. The van der Waals surface area contributed by atoms with Crippen LogP contribution in [0.1, 0.15) is 71.6 Å². The van der Waals surface area contributed by atoms with E-state index in [1.807, 2.05) is 0 Å². The van der Waals surface area contributed by atoms with Crippen LogP contribution in [0.4, 0.5) is 0 Å². The van der Waals surface area contributed by atoms with Gasteiger partial charge >= 0.3 is 0 Å². The van der Waals surface area contributed by atoms with Gasteiger partial charge in [0.1, 0.15) is 0 Å². The molecular weight excluding hydrogens is 244 g/mol. The molecule has 114 valence electrons. The van der Waals surface area contributed by atoms with Gasteiger partial charge in [-0.15, -0.1) is 6.58 Å². The number of rotatable bonds is 6. The third-order valence-corrected chi connectivity index (χ3v) is 7.02. The average Bonchev–Trinajstić information content (AvgIpc) is 2.42. The van der Waals surface area contributed by atoms with E-state index in [4.69, 9.17) is 0 Å². The topological polar surface area (TPSA) is 20.2 Å². The number of hydrogen-bond donors (Lipinski definition) is 1. The molecule has 20 heavy (non-hydrogen) atoms. The maximum absolute atomic E-state index is 10.9. The van der Waals surface area contributed by atoms with Crippen LogP contribution < -0.4 is 0 Å². The molecule has 0 radical (unpaired) electrons. The van der Waals surface area contributed by atoms with Crippen LogP contribution in [-0.2, 0) is 0 Å². The Morgan fingerprint density at radius 2 is 1.55 bits per heavy atom. The molecule has 0 aromatic heterocycles. The van der Waals surface area contributed by atoms with Gasteiger partial charge in [-0.2, -0.15) is 0 Å². The molecule has 4 aliphatic carbocycles. The van der Waals surface area contributed by atoms with Crippen LogP contribution in [0.15, 0.2) is 12.7 Å². The molecule has 0 amide bonds. The van der Waals surface area contributed by atoms with Gasteiger partial charge in [-0.3, -0.25) is 0 Å². The first kappa shape index (κ1) is 14.6. The summed E-state index contributed by atoms with van der Waals surface area (Å²) in [6, 6.07) is 0. The molecule has 4 rings (SSSR count).